The predicted octanol–water partition coefficient (Wildman–Crippen LogP) is 2.96. The Kier molecular flexibility index (Phi) is 9.73. The molecular formula is C31H30ClN7O6. The smallest absolute Gasteiger partial charge is 0.335 e. The number of ether oxygens (including phenoxy) is 1. The average molecular weight is 632 g/mol. The molecule has 0 saturated carbocycles. The van der Waals surface area contributed by atoms with Crippen LogP contribution in [0.4, 0.5) is 11.4 Å². The molecule has 2 heterocycles. The lowest BCUT2D eigenvalue weighted by molar-refractivity contribution is -0.135. The Morgan fingerprint density at radius 2 is 1.93 bits per heavy atom. The zero-order valence-electron chi connectivity index (χ0n) is 24.1. The van der Waals surface area contributed by atoms with Crippen LogP contribution < -0.4 is 26.7 Å². The van der Waals surface area contributed by atoms with Gasteiger partial charge in [0, 0.05) is 48.1 Å². The van der Waals surface area contributed by atoms with Crippen molar-refractivity contribution in [3.05, 3.63) is 99.6 Å². The summed E-state index contributed by atoms with van der Waals surface area (Å²) in [6.07, 6.45) is 4.83. The number of aromatic carboxylic acids is 1. The van der Waals surface area contributed by atoms with Crippen LogP contribution in [-0.2, 0) is 20.7 Å². The molecule has 13 nitrogen and oxygen atoms in total. The van der Waals surface area contributed by atoms with Crippen molar-refractivity contribution in [2.75, 3.05) is 37.1 Å². The van der Waals surface area contributed by atoms with Gasteiger partial charge >= 0.3 is 5.97 Å². The van der Waals surface area contributed by atoms with E-state index in [-0.39, 0.29) is 18.0 Å². The molecule has 3 aromatic carbocycles. The van der Waals surface area contributed by atoms with Crippen LogP contribution in [0.2, 0.25) is 5.02 Å². The first kappa shape index (κ1) is 31.2. The summed E-state index contributed by atoms with van der Waals surface area (Å²) in [6.45, 7) is 0.804. The largest absolute Gasteiger partial charge is 0.478 e. The second kappa shape index (κ2) is 14.0. The van der Waals surface area contributed by atoms with Crippen molar-refractivity contribution in [1.29, 1.82) is 0 Å². The van der Waals surface area contributed by atoms with Gasteiger partial charge in [0.2, 0.25) is 5.91 Å². The molecule has 232 valence electrons. The molecule has 0 bridgehead atoms. The molecule has 2 aliphatic heterocycles. The molecule has 0 fully saturated rings. The molecule has 1 unspecified atom stereocenters. The van der Waals surface area contributed by atoms with Crippen molar-refractivity contribution < 1.29 is 29.0 Å². The van der Waals surface area contributed by atoms with Gasteiger partial charge in [-0.05, 0) is 72.2 Å². The van der Waals surface area contributed by atoms with Crippen molar-refractivity contribution in [2.45, 2.75) is 12.5 Å². The molecule has 3 amide bonds. The number of hydrazine groups is 2. The lowest BCUT2D eigenvalue weighted by atomic mass is 9.88. The number of fused-ring (bicyclic) bond motifs is 1. The molecule has 45 heavy (non-hydrogen) atoms. The van der Waals surface area contributed by atoms with Crippen LogP contribution in [0.25, 0.3) is 6.08 Å². The normalized spacial score (nSPS) is 15.5. The first-order valence-electron chi connectivity index (χ1n) is 13.9. The van der Waals surface area contributed by atoms with Gasteiger partial charge in [-0.25, -0.2) is 15.3 Å². The quantitative estimate of drug-likeness (QED) is 0.167. The van der Waals surface area contributed by atoms with Gasteiger partial charge in [0.05, 0.1) is 17.9 Å². The fourth-order valence-electron chi connectivity index (χ4n) is 5.13. The van der Waals surface area contributed by atoms with Gasteiger partial charge in [-0.1, -0.05) is 23.7 Å². The van der Waals surface area contributed by atoms with Crippen LogP contribution in [0.3, 0.4) is 0 Å². The maximum atomic E-state index is 13.9. The molecule has 0 radical (unpaired) electrons. The summed E-state index contributed by atoms with van der Waals surface area (Å²) in [5.41, 5.74) is 8.74. The summed E-state index contributed by atoms with van der Waals surface area (Å²) in [6, 6.07) is 14.9. The van der Waals surface area contributed by atoms with Gasteiger partial charge in [0.15, 0.2) is 0 Å². The van der Waals surface area contributed by atoms with E-state index in [1.54, 1.807) is 47.5 Å². The molecular weight excluding hydrogens is 602 g/mol. The summed E-state index contributed by atoms with van der Waals surface area (Å²) in [4.78, 5) is 53.4. The monoisotopic (exact) mass is 631 g/mol. The van der Waals surface area contributed by atoms with Crippen LogP contribution in [0.5, 0.6) is 0 Å². The van der Waals surface area contributed by atoms with Gasteiger partial charge in [-0.2, -0.15) is 5.10 Å². The Balaban J connectivity index is 1.47. The molecule has 0 saturated heterocycles. The van der Waals surface area contributed by atoms with Crippen molar-refractivity contribution in [2.24, 2.45) is 5.10 Å². The van der Waals surface area contributed by atoms with E-state index in [9.17, 15) is 24.3 Å². The number of amides is 3. The Hall–Kier alpha value is -5.24. The number of carbonyl (C=O) groups excluding carboxylic acids is 3. The Morgan fingerprint density at radius 3 is 2.64 bits per heavy atom. The highest BCUT2D eigenvalue weighted by atomic mass is 35.5. The Labute approximate surface area is 263 Å². The Bertz CT molecular complexity index is 1680. The van der Waals surface area contributed by atoms with E-state index in [1.807, 2.05) is 0 Å². The number of hydrazone groups is 1. The maximum Gasteiger partial charge on any atom is 0.335 e. The number of rotatable bonds is 10. The van der Waals surface area contributed by atoms with Crippen molar-refractivity contribution >= 4 is 59.1 Å². The van der Waals surface area contributed by atoms with Crippen molar-refractivity contribution in [1.82, 2.24) is 21.3 Å². The van der Waals surface area contributed by atoms with Crippen LogP contribution in [0.1, 0.15) is 43.4 Å². The highest BCUT2D eigenvalue weighted by Gasteiger charge is 2.37. The molecule has 2 aliphatic rings. The molecule has 3 aromatic rings. The van der Waals surface area contributed by atoms with E-state index in [0.717, 1.165) is 0 Å². The second-order valence-electron chi connectivity index (χ2n) is 10.1. The fraction of sp³-hybridized carbons (Fsp3) is 0.194. The van der Waals surface area contributed by atoms with Gasteiger partial charge in [0.1, 0.15) is 12.4 Å². The molecule has 5 N–H and O–H groups in total. The number of hydrogen-bond donors (Lipinski definition) is 5. The lowest BCUT2D eigenvalue weighted by Crippen LogP contribution is -2.45. The third-order valence-corrected chi connectivity index (χ3v) is 7.49. The highest BCUT2D eigenvalue weighted by Crippen LogP contribution is 2.34. The number of anilines is 2. The number of carboxylic acids is 1. The number of methoxy groups -OCH3 is 1. The second-order valence-corrected chi connectivity index (χ2v) is 10.5. The van der Waals surface area contributed by atoms with Gasteiger partial charge in [0.25, 0.3) is 11.8 Å². The van der Waals surface area contributed by atoms with E-state index in [1.165, 1.54) is 48.7 Å². The first-order valence-corrected chi connectivity index (χ1v) is 14.3. The number of halogens is 1. The van der Waals surface area contributed by atoms with Gasteiger partial charge in [-0.3, -0.25) is 14.4 Å². The topological polar surface area (TPSA) is 165 Å². The van der Waals surface area contributed by atoms with Crippen molar-refractivity contribution in [3.63, 3.8) is 0 Å². The zero-order chi connectivity index (χ0) is 31.9. The first-order chi connectivity index (χ1) is 21.8. The maximum absolute atomic E-state index is 13.9. The molecule has 0 aliphatic carbocycles. The van der Waals surface area contributed by atoms with Gasteiger partial charge < -0.3 is 25.4 Å². The number of hydrogen-bond acceptors (Lipinski definition) is 9. The fourth-order valence-corrected chi connectivity index (χ4v) is 5.31. The highest BCUT2D eigenvalue weighted by molar-refractivity contribution is 6.30. The molecule has 1 atom stereocenters. The van der Waals surface area contributed by atoms with Gasteiger partial charge in [-0.15, -0.1) is 5.53 Å². The number of carboxylic acid groups (broad SMARTS) is 1. The summed E-state index contributed by atoms with van der Waals surface area (Å²) >= 11 is 6.25. The minimum absolute atomic E-state index is 0.0636. The van der Waals surface area contributed by atoms with Crippen LogP contribution in [0.15, 0.2) is 71.8 Å². The van der Waals surface area contributed by atoms with Crippen LogP contribution >= 0.6 is 11.6 Å². The van der Waals surface area contributed by atoms with Crippen LogP contribution in [-0.4, -0.2) is 66.8 Å². The third kappa shape index (κ3) is 7.12. The Morgan fingerprint density at radius 1 is 1.13 bits per heavy atom. The third-order valence-electron chi connectivity index (χ3n) is 7.25. The lowest BCUT2D eigenvalue weighted by Gasteiger charge is -2.36. The number of carbonyl (C=O) groups is 4. The summed E-state index contributed by atoms with van der Waals surface area (Å²) in [5.74, 6) is -2.37. The van der Waals surface area contributed by atoms with E-state index in [4.69, 9.17) is 16.3 Å². The summed E-state index contributed by atoms with van der Waals surface area (Å²) in [7, 11) is 1.54. The molecule has 14 heteroatoms. The standard InChI is InChI=1S/C31H30ClN7O6/c1-45-16-14-33-29(41)25-4-2-3-24-23(25)13-15-38(28(24)30(42)35-22-9-5-19(6-10-22)31(43)44)27(40)12-7-20-17-21(32)8-11-26(20)39-18-34-36-37-39/h2-12,17-18,28,36-37H,13-16H2,1H3,(H,33,41)(H,35,42)(H,43,44)/b12-7+. The number of nitrogens with one attached hydrogen (secondary N) is 4. The number of nitrogens with zero attached hydrogens (tertiary/aromatic N) is 3. The average Bonchev–Trinajstić information content (AvgIpc) is 3.58. The SMILES string of the molecule is COCCNC(=O)c1cccc2c1CCN(C(=O)/C=C/c1cc(Cl)ccc1N1C=NNN1)C2C(=O)Nc1ccc(C(=O)O)cc1. The van der Waals surface area contributed by atoms with E-state index >= 15 is 0 Å². The van der Waals surface area contributed by atoms with E-state index in [0.29, 0.717) is 58.2 Å². The van der Waals surface area contributed by atoms with E-state index in [2.05, 4.69) is 26.8 Å². The van der Waals surface area contributed by atoms with Crippen LogP contribution in [0, 0.1) is 0 Å². The summed E-state index contributed by atoms with van der Waals surface area (Å²) in [5, 5.41) is 20.8. The van der Waals surface area contributed by atoms with E-state index < -0.39 is 23.8 Å². The predicted molar refractivity (Wildman–Crippen MR) is 169 cm³/mol. The minimum atomic E-state index is -1.10. The number of benzene rings is 3. The van der Waals surface area contributed by atoms with Crippen molar-refractivity contribution in [3.8, 4) is 0 Å². The molecule has 0 spiro atoms. The summed E-state index contributed by atoms with van der Waals surface area (Å²) < 4.78 is 5.03. The molecule has 5 rings (SSSR count). The zero-order valence-corrected chi connectivity index (χ0v) is 24.9. The minimum Gasteiger partial charge on any atom is -0.478 e. The molecule has 0 aromatic heterocycles.